The van der Waals surface area contributed by atoms with Crippen LogP contribution in [0.25, 0.3) is 0 Å². The zero-order valence-electron chi connectivity index (χ0n) is 36.1. The molecule has 7 rings (SSSR count). The average molecular weight is 839 g/mol. The van der Waals surface area contributed by atoms with Gasteiger partial charge in [-0.05, 0) is 96.2 Å². The lowest BCUT2D eigenvalue weighted by atomic mass is 9.33. The van der Waals surface area contributed by atoms with Crippen molar-refractivity contribution in [2.24, 2.45) is 50.2 Å². The Morgan fingerprint density at radius 3 is 2.07 bits per heavy atom. The van der Waals surface area contributed by atoms with Gasteiger partial charge in [-0.2, -0.15) is 0 Å². The van der Waals surface area contributed by atoms with Crippen molar-refractivity contribution in [2.75, 3.05) is 6.61 Å². The van der Waals surface area contributed by atoms with Crippen LogP contribution in [0.5, 0.6) is 0 Å². The molecule has 0 unspecified atom stereocenters. The molecule has 0 spiro atoms. The first-order valence-electron chi connectivity index (χ1n) is 21.7. The Kier molecular flexibility index (Phi) is 11.7. The van der Waals surface area contributed by atoms with E-state index in [1.54, 1.807) is 0 Å². The van der Waals surface area contributed by atoms with Gasteiger partial charge in [0.05, 0.1) is 18.8 Å². The van der Waals surface area contributed by atoms with Crippen LogP contribution in [0, 0.1) is 50.2 Å². The number of carboxylic acid groups (broad SMARTS) is 1. The summed E-state index contributed by atoms with van der Waals surface area (Å²) in [5.74, 6) is -1.42. The first-order chi connectivity index (χ1) is 27.3. The van der Waals surface area contributed by atoms with Gasteiger partial charge in [0.25, 0.3) is 0 Å². The van der Waals surface area contributed by atoms with Gasteiger partial charge in [-0.25, -0.2) is 4.79 Å². The minimum atomic E-state index is -1.95. The maximum absolute atomic E-state index is 12.4. The minimum Gasteiger partial charge on any atom is -0.479 e. The molecule has 2 heterocycles. The lowest BCUT2D eigenvalue weighted by molar-refractivity contribution is -0.374. The van der Waals surface area contributed by atoms with E-state index in [9.17, 15) is 50.4 Å². The molecular formula is C44H70O15. The van der Waals surface area contributed by atoms with Crippen LogP contribution in [0.2, 0.25) is 0 Å². The SMILES string of the molecule is CC(=O)O[C@@H]1CC(C)(C)C[C@H]2C3=CC[C@H]4[C@]5(C)CC[C@@H](O[C@H]6O[C@@H](C(=O)O)[C@H](O)[C@@H](O)[C@@H]6O[C@@H]6O[C@H](CO)[C@H](O)[C@H](O)[C@@H]6O)C(C)(C)[C@@H]5CC[C@@]4(C)[C@]3(C)C[C@H](O)[C@@]12C. The van der Waals surface area contributed by atoms with Crippen LogP contribution in [0.1, 0.15) is 114 Å². The van der Waals surface area contributed by atoms with E-state index in [0.717, 1.165) is 32.1 Å². The van der Waals surface area contributed by atoms with Crippen molar-refractivity contribution in [3.05, 3.63) is 11.6 Å². The van der Waals surface area contributed by atoms with E-state index < -0.39 is 103 Å². The Balaban J connectivity index is 1.17. The number of carboxylic acids is 1. The number of hydrogen-bond donors (Lipinski definition) is 8. The van der Waals surface area contributed by atoms with Crippen molar-refractivity contribution in [3.63, 3.8) is 0 Å². The third-order valence-electron chi connectivity index (χ3n) is 17.6. The highest BCUT2D eigenvalue weighted by Crippen LogP contribution is 2.76. The molecule has 0 aromatic heterocycles. The highest BCUT2D eigenvalue weighted by Gasteiger charge is 2.71. The molecule has 5 aliphatic carbocycles. The molecule has 59 heavy (non-hydrogen) atoms. The number of aliphatic carboxylic acids is 1. The van der Waals surface area contributed by atoms with Gasteiger partial charge in [-0.3, -0.25) is 4.79 Å². The van der Waals surface area contributed by atoms with E-state index in [-0.39, 0.29) is 45.4 Å². The third kappa shape index (κ3) is 6.87. The monoisotopic (exact) mass is 838 g/mol. The maximum Gasteiger partial charge on any atom is 0.335 e. The van der Waals surface area contributed by atoms with Gasteiger partial charge in [0.2, 0.25) is 0 Å². The van der Waals surface area contributed by atoms with Gasteiger partial charge in [0.15, 0.2) is 18.7 Å². The van der Waals surface area contributed by atoms with Gasteiger partial charge in [-0.1, -0.05) is 67.0 Å². The average Bonchev–Trinajstić information content (AvgIpc) is 3.13. The molecule has 6 fully saturated rings. The molecule has 336 valence electrons. The van der Waals surface area contributed by atoms with Crippen LogP contribution in [0.15, 0.2) is 11.6 Å². The molecule has 2 saturated heterocycles. The lowest BCUT2D eigenvalue weighted by Gasteiger charge is -2.72. The Labute approximate surface area is 347 Å². The summed E-state index contributed by atoms with van der Waals surface area (Å²) in [6.07, 6.45) is -10.2. The minimum absolute atomic E-state index is 0.0466. The number of fused-ring (bicyclic) bond motifs is 7. The van der Waals surface area contributed by atoms with Crippen molar-refractivity contribution < 1.29 is 74.1 Å². The van der Waals surface area contributed by atoms with Gasteiger partial charge in [-0.15, -0.1) is 0 Å². The molecule has 0 radical (unpaired) electrons. The van der Waals surface area contributed by atoms with E-state index in [0.29, 0.717) is 19.3 Å². The molecule has 0 aromatic carbocycles. The van der Waals surface area contributed by atoms with Crippen LogP contribution >= 0.6 is 0 Å². The second-order valence-corrected chi connectivity index (χ2v) is 21.6. The molecule has 0 amide bonds. The number of allylic oxidation sites excluding steroid dienone is 2. The van der Waals surface area contributed by atoms with E-state index in [2.05, 4.69) is 61.5 Å². The summed E-state index contributed by atoms with van der Waals surface area (Å²) in [7, 11) is 0. The quantitative estimate of drug-likeness (QED) is 0.104. The predicted octanol–water partition coefficient (Wildman–Crippen LogP) is 2.42. The third-order valence-corrected chi connectivity index (χ3v) is 17.6. The Hall–Kier alpha value is -1.76. The highest BCUT2D eigenvalue weighted by molar-refractivity contribution is 5.73. The highest BCUT2D eigenvalue weighted by atomic mass is 16.8. The molecule has 0 bridgehead atoms. The summed E-state index contributed by atoms with van der Waals surface area (Å²) < 4.78 is 30.0. The molecule has 8 N–H and O–H groups in total. The number of hydrogen-bond acceptors (Lipinski definition) is 14. The zero-order chi connectivity index (χ0) is 43.6. The summed E-state index contributed by atoms with van der Waals surface area (Å²) >= 11 is 0. The van der Waals surface area contributed by atoms with Gasteiger partial charge in [0.1, 0.15) is 48.8 Å². The zero-order valence-corrected chi connectivity index (χ0v) is 36.1. The summed E-state index contributed by atoms with van der Waals surface area (Å²) in [4.78, 5) is 24.6. The molecular weight excluding hydrogens is 768 g/mol. The smallest absolute Gasteiger partial charge is 0.335 e. The predicted molar refractivity (Wildman–Crippen MR) is 209 cm³/mol. The number of ether oxygens (including phenoxy) is 5. The standard InChI is InChI=1S/C44H70O15/c1-20(46)55-28-18-39(2,3)16-22-21-10-11-25-41(6)14-13-27(40(4,5)24(41)12-15-42(25,7)43(21,8)17-26(47)44(22,28)9)57-38-35(32(51)31(50)34(58-38)36(53)54)59-37-33(52)30(49)29(48)23(19-45)56-37/h10,22-35,37-38,45,47-52H,11-19H2,1-9H3,(H,53,54)/t22-,23+,24-,25-,26-,27+,28+,29-,30-,31+,32+,33-,34+,35-,37-,38-,41+,42+,43+,44-/m0/s1. The molecule has 0 aromatic rings. The molecule has 7 aliphatic rings. The van der Waals surface area contributed by atoms with Crippen LogP contribution in [-0.2, 0) is 33.3 Å². The number of aliphatic hydroxyl groups is 7. The normalized spacial score (nSPS) is 52.8. The molecule has 15 nitrogen and oxygen atoms in total. The van der Waals surface area contributed by atoms with Crippen LogP contribution < -0.4 is 0 Å². The number of carbonyl (C=O) groups is 2. The van der Waals surface area contributed by atoms with Gasteiger partial charge < -0.3 is 64.5 Å². The van der Waals surface area contributed by atoms with Crippen molar-refractivity contribution in [2.45, 2.75) is 193 Å². The number of rotatable bonds is 7. The molecule has 20 atom stereocenters. The molecule has 2 aliphatic heterocycles. The Bertz CT molecular complexity index is 1650. The van der Waals surface area contributed by atoms with E-state index in [1.807, 2.05) is 0 Å². The first kappa shape index (κ1) is 45.3. The van der Waals surface area contributed by atoms with Crippen molar-refractivity contribution in [3.8, 4) is 0 Å². The number of carbonyl (C=O) groups excluding carboxylic acids is 1. The summed E-state index contributed by atoms with van der Waals surface area (Å²) in [6.45, 7) is 18.7. The van der Waals surface area contributed by atoms with Crippen LogP contribution in [-0.4, -0.2) is 139 Å². The van der Waals surface area contributed by atoms with E-state index >= 15 is 0 Å². The van der Waals surface area contributed by atoms with Crippen molar-refractivity contribution in [1.29, 1.82) is 0 Å². The number of aliphatic hydroxyl groups excluding tert-OH is 7. The molecule has 15 heteroatoms. The molecule has 4 saturated carbocycles. The fraction of sp³-hybridized carbons (Fsp3) is 0.909. The van der Waals surface area contributed by atoms with Crippen molar-refractivity contribution >= 4 is 11.9 Å². The van der Waals surface area contributed by atoms with E-state index in [4.69, 9.17) is 23.7 Å². The fourth-order valence-electron chi connectivity index (χ4n) is 14.1. The second kappa shape index (κ2) is 15.2. The van der Waals surface area contributed by atoms with Crippen LogP contribution in [0.4, 0.5) is 0 Å². The largest absolute Gasteiger partial charge is 0.479 e. The number of esters is 1. The van der Waals surface area contributed by atoms with E-state index in [1.165, 1.54) is 12.5 Å². The first-order valence-corrected chi connectivity index (χ1v) is 21.7. The lowest BCUT2D eigenvalue weighted by Crippen LogP contribution is -2.68. The van der Waals surface area contributed by atoms with Gasteiger partial charge >= 0.3 is 11.9 Å². The second-order valence-electron chi connectivity index (χ2n) is 21.6. The van der Waals surface area contributed by atoms with Crippen molar-refractivity contribution in [1.82, 2.24) is 0 Å². The Morgan fingerprint density at radius 2 is 1.44 bits per heavy atom. The Morgan fingerprint density at radius 1 is 0.763 bits per heavy atom. The van der Waals surface area contributed by atoms with Gasteiger partial charge in [0, 0.05) is 12.3 Å². The topological polar surface area (TPSA) is 242 Å². The fourth-order valence-corrected chi connectivity index (χ4v) is 14.1. The summed E-state index contributed by atoms with van der Waals surface area (Å²) in [6, 6.07) is 0. The maximum atomic E-state index is 12.4. The summed E-state index contributed by atoms with van der Waals surface area (Å²) in [5.41, 5.74) is -0.481. The van der Waals surface area contributed by atoms with Crippen LogP contribution in [0.3, 0.4) is 0 Å². The summed E-state index contributed by atoms with van der Waals surface area (Å²) in [5, 5.41) is 85.6.